The van der Waals surface area contributed by atoms with Gasteiger partial charge in [0, 0.05) is 19.3 Å². The van der Waals surface area contributed by atoms with Crippen molar-refractivity contribution in [1.29, 1.82) is 0 Å². The molecule has 440 valence electrons. The molecular formula is C68H132O6. The van der Waals surface area contributed by atoms with Crippen molar-refractivity contribution in [1.82, 2.24) is 0 Å². The van der Waals surface area contributed by atoms with Crippen LogP contribution in [0, 0.1) is 11.8 Å². The molecule has 0 saturated heterocycles. The monoisotopic (exact) mass is 1050 g/mol. The second kappa shape index (κ2) is 60.6. The maximum atomic E-state index is 12.9. The van der Waals surface area contributed by atoms with Crippen LogP contribution in [0.1, 0.15) is 388 Å². The molecule has 0 saturated carbocycles. The van der Waals surface area contributed by atoms with E-state index in [-0.39, 0.29) is 31.1 Å². The van der Waals surface area contributed by atoms with Crippen LogP contribution in [0.25, 0.3) is 0 Å². The molecule has 0 fully saturated rings. The second-order valence-electron chi connectivity index (χ2n) is 24.2. The third kappa shape index (κ3) is 59.7. The summed E-state index contributed by atoms with van der Waals surface area (Å²) in [5.41, 5.74) is 0. The molecule has 0 aliphatic carbocycles. The summed E-state index contributed by atoms with van der Waals surface area (Å²) >= 11 is 0. The number of hydrogen-bond acceptors (Lipinski definition) is 6. The first-order valence-corrected chi connectivity index (χ1v) is 33.8. The number of esters is 3. The highest BCUT2D eigenvalue weighted by atomic mass is 16.6. The van der Waals surface area contributed by atoms with Gasteiger partial charge in [-0.15, -0.1) is 0 Å². The average Bonchev–Trinajstić information content (AvgIpc) is 3.39. The lowest BCUT2D eigenvalue weighted by molar-refractivity contribution is -0.167. The Labute approximate surface area is 463 Å². The van der Waals surface area contributed by atoms with Crippen LogP contribution in [0.2, 0.25) is 0 Å². The predicted molar refractivity (Wildman–Crippen MR) is 321 cm³/mol. The number of rotatable bonds is 62. The Morgan fingerprint density at radius 3 is 0.770 bits per heavy atom. The summed E-state index contributed by atoms with van der Waals surface area (Å²) in [6.07, 6.45) is 68.2. The molecule has 0 aromatic heterocycles. The SMILES string of the molecule is CCCCCCCCCCCCCCCCCCCCCC(=O)O[C@H](COC(=O)CCCCCCCCCCCCCCCCCCCCC(C)CC)COC(=O)CCCCCCCCCCCCCCC(C)C. The Kier molecular flexibility index (Phi) is 59.3. The second-order valence-corrected chi connectivity index (χ2v) is 24.2. The van der Waals surface area contributed by atoms with Gasteiger partial charge in [0.1, 0.15) is 13.2 Å². The first kappa shape index (κ1) is 72.4. The summed E-state index contributed by atoms with van der Waals surface area (Å²) in [5, 5.41) is 0. The predicted octanol–water partition coefficient (Wildman–Crippen LogP) is 22.8. The molecule has 0 spiro atoms. The molecule has 6 nitrogen and oxygen atoms in total. The molecule has 0 N–H and O–H groups in total. The fraction of sp³-hybridized carbons (Fsp3) is 0.956. The Bertz CT molecular complexity index is 1140. The summed E-state index contributed by atoms with van der Waals surface area (Å²) in [6.45, 7) is 11.5. The summed E-state index contributed by atoms with van der Waals surface area (Å²) in [6, 6.07) is 0. The molecule has 0 aliphatic heterocycles. The summed E-state index contributed by atoms with van der Waals surface area (Å²) in [5.74, 6) is 0.916. The van der Waals surface area contributed by atoms with Gasteiger partial charge in [-0.2, -0.15) is 0 Å². The minimum Gasteiger partial charge on any atom is -0.462 e. The fourth-order valence-electron chi connectivity index (χ4n) is 10.6. The molecule has 0 rings (SSSR count). The van der Waals surface area contributed by atoms with E-state index in [4.69, 9.17) is 14.2 Å². The highest BCUT2D eigenvalue weighted by Crippen LogP contribution is 2.20. The summed E-state index contributed by atoms with van der Waals surface area (Å²) in [7, 11) is 0. The van der Waals surface area contributed by atoms with E-state index in [1.54, 1.807) is 0 Å². The van der Waals surface area contributed by atoms with E-state index in [0.29, 0.717) is 19.3 Å². The molecular weight excluding hydrogens is 913 g/mol. The minimum absolute atomic E-state index is 0.0616. The number of ether oxygens (including phenoxy) is 3. The van der Waals surface area contributed by atoms with E-state index >= 15 is 0 Å². The number of unbranched alkanes of at least 4 members (excludes halogenated alkanes) is 46. The van der Waals surface area contributed by atoms with Crippen LogP contribution in [0.15, 0.2) is 0 Å². The summed E-state index contributed by atoms with van der Waals surface area (Å²) in [4.78, 5) is 38.4. The number of hydrogen-bond donors (Lipinski definition) is 0. The lowest BCUT2D eigenvalue weighted by Crippen LogP contribution is -2.30. The average molecular weight is 1050 g/mol. The third-order valence-electron chi connectivity index (χ3n) is 16.1. The number of carbonyl (C=O) groups excluding carboxylic acids is 3. The molecule has 0 bridgehead atoms. The van der Waals surface area contributed by atoms with Crippen LogP contribution in [-0.4, -0.2) is 37.2 Å². The Morgan fingerprint density at radius 1 is 0.284 bits per heavy atom. The smallest absolute Gasteiger partial charge is 0.306 e. The zero-order chi connectivity index (χ0) is 53.9. The molecule has 2 atom stereocenters. The van der Waals surface area contributed by atoms with Crippen molar-refractivity contribution in [2.45, 2.75) is 394 Å². The molecule has 1 unspecified atom stereocenters. The van der Waals surface area contributed by atoms with Crippen LogP contribution < -0.4 is 0 Å². The van der Waals surface area contributed by atoms with Crippen LogP contribution in [0.4, 0.5) is 0 Å². The molecule has 6 heteroatoms. The lowest BCUT2D eigenvalue weighted by Gasteiger charge is -2.18. The van der Waals surface area contributed by atoms with Crippen molar-refractivity contribution in [3.63, 3.8) is 0 Å². The van der Waals surface area contributed by atoms with Crippen molar-refractivity contribution < 1.29 is 28.6 Å². The van der Waals surface area contributed by atoms with Gasteiger partial charge in [-0.1, -0.05) is 349 Å². The molecule has 0 aromatic rings. The van der Waals surface area contributed by atoms with E-state index in [1.807, 2.05) is 0 Å². The van der Waals surface area contributed by atoms with Gasteiger partial charge in [0.25, 0.3) is 0 Å². The van der Waals surface area contributed by atoms with Gasteiger partial charge < -0.3 is 14.2 Å². The van der Waals surface area contributed by atoms with Crippen LogP contribution in [0.3, 0.4) is 0 Å². The third-order valence-corrected chi connectivity index (χ3v) is 16.1. The molecule has 0 amide bonds. The maximum absolute atomic E-state index is 12.9. The van der Waals surface area contributed by atoms with Gasteiger partial charge in [0.2, 0.25) is 0 Å². The zero-order valence-corrected chi connectivity index (χ0v) is 51.0. The van der Waals surface area contributed by atoms with E-state index in [9.17, 15) is 14.4 Å². The fourth-order valence-corrected chi connectivity index (χ4v) is 10.6. The van der Waals surface area contributed by atoms with Crippen molar-refractivity contribution in [3.8, 4) is 0 Å². The maximum Gasteiger partial charge on any atom is 0.306 e. The standard InChI is InChI=1S/C68H132O6/c1-6-8-9-10-11-12-13-14-15-16-17-22-25-28-35-40-45-50-55-60-68(71)74-65(62-73-67(70)59-54-49-44-39-34-30-29-31-36-41-46-51-56-63(3)4)61-72-66(69)58-53-48-43-38-33-27-24-21-19-18-20-23-26-32-37-42-47-52-57-64(5)7-2/h63-65H,6-62H2,1-5H3/t64?,65-/m1/s1. The highest BCUT2D eigenvalue weighted by Gasteiger charge is 2.20. The van der Waals surface area contributed by atoms with Gasteiger partial charge in [-0.25, -0.2) is 0 Å². The van der Waals surface area contributed by atoms with Crippen LogP contribution in [-0.2, 0) is 28.6 Å². The number of carbonyl (C=O) groups is 3. The van der Waals surface area contributed by atoms with E-state index in [2.05, 4.69) is 34.6 Å². The van der Waals surface area contributed by atoms with Gasteiger partial charge in [-0.05, 0) is 31.1 Å². The van der Waals surface area contributed by atoms with Gasteiger partial charge in [0.05, 0.1) is 0 Å². The van der Waals surface area contributed by atoms with Crippen molar-refractivity contribution in [3.05, 3.63) is 0 Å². The highest BCUT2D eigenvalue weighted by molar-refractivity contribution is 5.71. The first-order chi connectivity index (χ1) is 36.3. The van der Waals surface area contributed by atoms with Crippen molar-refractivity contribution >= 4 is 17.9 Å². The van der Waals surface area contributed by atoms with Crippen LogP contribution >= 0.6 is 0 Å². The van der Waals surface area contributed by atoms with Crippen molar-refractivity contribution in [2.75, 3.05) is 13.2 Å². The molecule has 0 aromatic carbocycles. The normalized spacial score (nSPS) is 12.4. The van der Waals surface area contributed by atoms with E-state index in [0.717, 1.165) is 69.6 Å². The van der Waals surface area contributed by atoms with Gasteiger partial charge in [-0.3, -0.25) is 14.4 Å². The van der Waals surface area contributed by atoms with E-state index < -0.39 is 6.10 Å². The first-order valence-electron chi connectivity index (χ1n) is 33.8. The molecule has 0 radical (unpaired) electrons. The van der Waals surface area contributed by atoms with E-state index in [1.165, 1.54) is 276 Å². The zero-order valence-electron chi connectivity index (χ0n) is 51.0. The van der Waals surface area contributed by atoms with Crippen LogP contribution in [0.5, 0.6) is 0 Å². The largest absolute Gasteiger partial charge is 0.462 e. The lowest BCUT2D eigenvalue weighted by atomic mass is 9.99. The summed E-state index contributed by atoms with van der Waals surface area (Å²) < 4.78 is 17.0. The minimum atomic E-state index is -0.764. The quantitative estimate of drug-likeness (QED) is 0.0343. The Hall–Kier alpha value is -1.59. The molecule has 74 heavy (non-hydrogen) atoms. The molecule has 0 aliphatic rings. The van der Waals surface area contributed by atoms with Gasteiger partial charge in [0.15, 0.2) is 6.10 Å². The topological polar surface area (TPSA) is 78.9 Å². The Balaban J connectivity index is 4.26. The van der Waals surface area contributed by atoms with Crippen molar-refractivity contribution in [2.24, 2.45) is 11.8 Å². The van der Waals surface area contributed by atoms with Gasteiger partial charge >= 0.3 is 17.9 Å². The molecule has 0 heterocycles. The Morgan fingerprint density at radius 2 is 0.514 bits per heavy atom.